The van der Waals surface area contributed by atoms with E-state index in [0.29, 0.717) is 4.83 Å². The van der Waals surface area contributed by atoms with Gasteiger partial charge in [0.15, 0.2) is 0 Å². The van der Waals surface area contributed by atoms with Crippen molar-refractivity contribution in [3.63, 3.8) is 0 Å². The number of rotatable bonds is 5. The van der Waals surface area contributed by atoms with Crippen LogP contribution in [-0.4, -0.2) is 0 Å². The van der Waals surface area contributed by atoms with Gasteiger partial charge in [0.2, 0.25) is 0 Å². The Morgan fingerprint density at radius 1 is 1.07 bits per heavy atom. The number of alkyl halides is 1. The van der Waals surface area contributed by atoms with Crippen molar-refractivity contribution < 1.29 is 0 Å². The second-order valence-electron chi connectivity index (χ2n) is 4.53. The van der Waals surface area contributed by atoms with E-state index in [1.807, 2.05) is 0 Å². The van der Waals surface area contributed by atoms with Crippen molar-refractivity contribution in [2.45, 2.75) is 44.9 Å². The van der Waals surface area contributed by atoms with Crippen LogP contribution in [0.3, 0.4) is 0 Å². The molecule has 0 bridgehead atoms. The zero-order chi connectivity index (χ0) is 11.3. The van der Waals surface area contributed by atoms with Crippen LogP contribution < -0.4 is 0 Å². The minimum atomic E-state index is 0.519. The highest BCUT2D eigenvalue weighted by Crippen LogP contribution is 2.29. The molecule has 0 aliphatic rings. The van der Waals surface area contributed by atoms with Gasteiger partial charge in [-0.25, -0.2) is 0 Å². The molecule has 1 atom stereocenters. The Bertz CT molecular complexity index is 274. The molecular weight excluding hydrogens is 248 g/mol. The Morgan fingerprint density at radius 2 is 1.67 bits per heavy atom. The molecule has 0 saturated carbocycles. The Balaban J connectivity index is 2.54. The van der Waals surface area contributed by atoms with Crippen molar-refractivity contribution in [1.29, 1.82) is 0 Å². The normalized spacial score (nSPS) is 13.1. The third-order valence-corrected chi connectivity index (χ3v) is 3.73. The molecule has 0 amide bonds. The van der Waals surface area contributed by atoms with E-state index in [1.165, 1.54) is 24.0 Å². The molecule has 0 aromatic heterocycles. The van der Waals surface area contributed by atoms with Crippen molar-refractivity contribution in [3.05, 3.63) is 35.4 Å². The van der Waals surface area contributed by atoms with E-state index in [4.69, 9.17) is 0 Å². The number of benzene rings is 1. The van der Waals surface area contributed by atoms with Crippen LogP contribution in [0.25, 0.3) is 0 Å². The highest BCUT2D eigenvalue weighted by atomic mass is 79.9. The van der Waals surface area contributed by atoms with E-state index in [9.17, 15) is 0 Å². The molecule has 0 aliphatic heterocycles. The second-order valence-corrected chi connectivity index (χ2v) is 5.64. The molecular formula is C14H21Br. The minimum absolute atomic E-state index is 0.519. The van der Waals surface area contributed by atoms with E-state index in [-0.39, 0.29) is 0 Å². The first-order valence-electron chi connectivity index (χ1n) is 5.86. The van der Waals surface area contributed by atoms with Gasteiger partial charge in [0.1, 0.15) is 0 Å². The highest BCUT2D eigenvalue weighted by molar-refractivity contribution is 9.09. The van der Waals surface area contributed by atoms with Gasteiger partial charge < -0.3 is 0 Å². The molecule has 1 heteroatoms. The lowest BCUT2D eigenvalue weighted by atomic mass is 10.0. The predicted octanol–water partition coefficient (Wildman–Crippen LogP) is 5.12. The van der Waals surface area contributed by atoms with E-state index in [1.54, 1.807) is 0 Å². The summed E-state index contributed by atoms with van der Waals surface area (Å²) in [5, 5.41) is 0. The lowest BCUT2D eigenvalue weighted by Crippen LogP contribution is -1.94. The molecule has 0 fully saturated rings. The maximum Gasteiger partial charge on any atom is 0.0395 e. The predicted molar refractivity (Wildman–Crippen MR) is 71.6 cm³/mol. The SMILES string of the molecule is CCc1ccc(C(Br)CCC(C)C)cc1. The molecule has 1 unspecified atom stereocenters. The Morgan fingerprint density at radius 3 is 2.13 bits per heavy atom. The second kappa shape index (κ2) is 6.32. The fraction of sp³-hybridized carbons (Fsp3) is 0.571. The van der Waals surface area contributed by atoms with Crippen molar-refractivity contribution in [3.8, 4) is 0 Å². The Labute approximate surface area is 102 Å². The van der Waals surface area contributed by atoms with Crippen LogP contribution in [0, 0.1) is 5.92 Å². The van der Waals surface area contributed by atoms with E-state index < -0.39 is 0 Å². The van der Waals surface area contributed by atoms with Gasteiger partial charge in [-0.05, 0) is 36.3 Å². The van der Waals surface area contributed by atoms with Crippen LogP contribution in [-0.2, 0) is 6.42 Å². The molecule has 0 spiro atoms. The monoisotopic (exact) mass is 268 g/mol. The first kappa shape index (κ1) is 12.8. The van der Waals surface area contributed by atoms with Gasteiger partial charge in [0.05, 0.1) is 0 Å². The maximum atomic E-state index is 3.76. The molecule has 1 aromatic carbocycles. The summed E-state index contributed by atoms with van der Waals surface area (Å²) in [4.78, 5) is 0.519. The van der Waals surface area contributed by atoms with Gasteiger partial charge in [-0.15, -0.1) is 0 Å². The average Bonchev–Trinajstić information content (AvgIpc) is 2.26. The summed E-state index contributed by atoms with van der Waals surface area (Å²) in [6.45, 7) is 6.75. The lowest BCUT2D eigenvalue weighted by Gasteiger charge is -2.12. The Hall–Kier alpha value is -0.300. The number of hydrogen-bond acceptors (Lipinski definition) is 0. The first-order chi connectivity index (χ1) is 7.13. The molecule has 1 rings (SSSR count). The van der Waals surface area contributed by atoms with Gasteiger partial charge in [0.25, 0.3) is 0 Å². The van der Waals surface area contributed by atoms with Crippen LogP contribution >= 0.6 is 15.9 Å². The topological polar surface area (TPSA) is 0 Å². The van der Waals surface area contributed by atoms with Gasteiger partial charge in [0, 0.05) is 4.83 Å². The van der Waals surface area contributed by atoms with Crippen molar-refractivity contribution in [1.82, 2.24) is 0 Å². The summed E-state index contributed by atoms with van der Waals surface area (Å²) >= 11 is 3.76. The van der Waals surface area contributed by atoms with Crippen LogP contribution in [0.5, 0.6) is 0 Å². The highest BCUT2D eigenvalue weighted by Gasteiger charge is 2.07. The number of halogens is 1. The van der Waals surface area contributed by atoms with Gasteiger partial charge in [-0.3, -0.25) is 0 Å². The largest absolute Gasteiger partial charge is 0.0839 e. The molecule has 84 valence electrons. The molecule has 1 aromatic rings. The van der Waals surface area contributed by atoms with Crippen LogP contribution in [0.1, 0.15) is 49.6 Å². The van der Waals surface area contributed by atoms with E-state index in [2.05, 4.69) is 61.0 Å². The summed E-state index contributed by atoms with van der Waals surface area (Å²) in [6, 6.07) is 8.97. The van der Waals surface area contributed by atoms with Gasteiger partial charge in [-0.2, -0.15) is 0 Å². The average molecular weight is 269 g/mol. The standard InChI is InChI=1S/C14H21Br/c1-4-12-6-8-13(9-7-12)14(15)10-5-11(2)3/h6-9,11,14H,4-5,10H2,1-3H3. The third kappa shape index (κ3) is 4.38. The van der Waals surface area contributed by atoms with E-state index >= 15 is 0 Å². The summed E-state index contributed by atoms with van der Waals surface area (Å²) < 4.78 is 0. The Kier molecular flexibility index (Phi) is 5.38. The molecule has 0 nitrogen and oxygen atoms in total. The summed E-state index contributed by atoms with van der Waals surface area (Å²) in [5.41, 5.74) is 2.83. The quantitative estimate of drug-likeness (QED) is 0.651. The van der Waals surface area contributed by atoms with Crippen LogP contribution in [0.2, 0.25) is 0 Å². The third-order valence-electron chi connectivity index (χ3n) is 2.75. The fourth-order valence-electron chi connectivity index (χ4n) is 1.61. The molecule has 0 radical (unpaired) electrons. The molecule has 15 heavy (non-hydrogen) atoms. The van der Waals surface area contributed by atoms with Crippen LogP contribution in [0.4, 0.5) is 0 Å². The zero-order valence-corrected chi connectivity index (χ0v) is 11.5. The van der Waals surface area contributed by atoms with Gasteiger partial charge in [-0.1, -0.05) is 61.0 Å². The molecule has 0 heterocycles. The number of hydrogen-bond donors (Lipinski definition) is 0. The molecule has 0 aliphatic carbocycles. The fourth-order valence-corrected chi connectivity index (χ4v) is 2.18. The smallest absolute Gasteiger partial charge is 0.0395 e. The zero-order valence-electron chi connectivity index (χ0n) is 9.96. The summed E-state index contributed by atoms with van der Waals surface area (Å²) in [7, 11) is 0. The van der Waals surface area contributed by atoms with E-state index in [0.717, 1.165) is 12.3 Å². The summed E-state index contributed by atoms with van der Waals surface area (Å²) in [5.74, 6) is 0.792. The molecule has 0 N–H and O–H groups in total. The first-order valence-corrected chi connectivity index (χ1v) is 6.78. The lowest BCUT2D eigenvalue weighted by molar-refractivity contribution is 0.554. The molecule has 0 saturated heterocycles. The maximum absolute atomic E-state index is 3.76. The number of aryl methyl sites for hydroxylation is 1. The van der Waals surface area contributed by atoms with Crippen molar-refractivity contribution in [2.24, 2.45) is 5.92 Å². The van der Waals surface area contributed by atoms with Gasteiger partial charge >= 0.3 is 0 Å². The van der Waals surface area contributed by atoms with Crippen LogP contribution in [0.15, 0.2) is 24.3 Å². The van der Waals surface area contributed by atoms with Crippen molar-refractivity contribution in [2.75, 3.05) is 0 Å². The minimum Gasteiger partial charge on any atom is -0.0839 e. The van der Waals surface area contributed by atoms with Crippen molar-refractivity contribution >= 4 is 15.9 Å². The summed E-state index contributed by atoms with van der Waals surface area (Å²) in [6.07, 6.45) is 3.63.